The van der Waals surface area contributed by atoms with Crippen LogP contribution in [0, 0.1) is 5.41 Å². The number of thiophene rings is 1. The third-order valence-electron chi connectivity index (χ3n) is 4.81. The van der Waals surface area contributed by atoms with E-state index in [4.69, 9.17) is 0 Å². The number of fused-ring (bicyclic) bond motifs is 1. The maximum atomic E-state index is 13.0. The fourth-order valence-corrected chi connectivity index (χ4v) is 5.28. The minimum absolute atomic E-state index is 0.0946. The van der Waals surface area contributed by atoms with E-state index in [1.165, 1.54) is 11.8 Å². The topological polar surface area (TPSA) is 74.8 Å². The first-order chi connectivity index (χ1) is 12.4. The van der Waals surface area contributed by atoms with Crippen molar-refractivity contribution >= 4 is 34.7 Å². The predicted molar refractivity (Wildman–Crippen MR) is 106 cm³/mol. The lowest BCUT2D eigenvalue weighted by atomic mass is 9.70. The summed E-state index contributed by atoms with van der Waals surface area (Å²) in [4.78, 5) is 34.4. The van der Waals surface area contributed by atoms with Crippen LogP contribution in [-0.2, 0) is 4.79 Å². The molecule has 2 N–H and O–H groups in total. The van der Waals surface area contributed by atoms with E-state index in [0.29, 0.717) is 23.0 Å². The van der Waals surface area contributed by atoms with Crippen molar-refractivity contribution in [3.63, 3.8) is 0 Å². The maximum Gasteiger partial charge on any atom is 0.257 e. The van der Waals surface area contributed by atoms with Crippen molar-refractivity contribution in [3.8, 4) is 0 Å². The van der Waals surface area contributed by atoms with Gasteiger partial charge in [-0.25, -0.2) is 4.98 Å². The van der Waals surface area contributed by atoms with Crippen LogP contribution in [0.5, 0.6) is 0 Å². The molecule has 0 amide bonds. The molecule has 2 aromatic heterocycles. The Hall–Kier alpha value is -1.86. The number of ketones is 1. The third kappa shape index (κ3) is 2.93. The lowest BCUT2D eigenvalue weighted by Gasteiger charge is -2.38. The average molecular weight is 388 g/mol. The second kappa shape index (κ2) is 6.39. The van der Waals surface area contributed by atoms with Gasteiger partial charge in [-0.3, -0.25) is 9.59 Å². The molecule has 1 atom stereocenters. The summed E-state index contributed by atoms with van der Waals surface area (Å²) in [6.45, 7) is 6.24. The van der Waals surface area contributed by atoms with E-state index in [1.807, 2.05) is 24.4 Å². The molecule has 0 fully saturated rings. The maximum absolute atomic E-state index is 13.0. The number of nitrogens with one attached hydrogen (secondary N) is 2. The highest BCUT2D eigenvalue weighted by Gasteiger charge is 2.42. The molecule has 1 unspecified atom stereocenters. The number of Topliss-reactive ketones (excluding diaryl/α,β-unsaturated/α-hetero) is 1. The third-order valence-corrected chi connectivity index (χ3v) is 6.50. The number of carbonyl (C=O) groups is 1. The molecule has 4 rings (SSSR count). The quantitative estimate of drug-likeness (QED) is 0.611. The molecule has 2 aromatic rings. The predicted octanol–water partition coefficient (Wildman–Crippen LogP) is 4.14. The SMILES string of the molecule is CCSc1nc2c(c(=O)[nH]1)C(c1cccs1)C1=C(CC(C)(C)CC1=O)N2. The van der Waals surface area contributed by atoms with Crippen LogP contribution in [0.1, 0.15) is 50.0 Å². The van der Waals surface area contributed by atoms with Crippen LogP contribution >= 0.6 is 23.1 Å². The first-order valence-electron chi connectivity index (χ1n) is 8.73. The number of hydrogen-bond acceptors (Lipinski definition) is 6. The second-order valence-corrected chi connectivity index (χ2v) is 9.70. The number of allylic oxidation sites excluding steroid dienone is 2. The molecular weight excluding hydrogens is 366 g/mol. The first-order valence-corrected chi connectivity index (χ1v) is 10.6. The minimum Gasteiger partial charge on any atom is -0.343 e. The molecule has 1 aliphatic carbocycles. The molecule has 0 radical (unpaired) electrons. The molecule has 5 nitrogen and oxygen atoms in total. The summed E-state index contributed by atoms with van der Waals surface area (Å²) in [5.74, 6) is 1.21. The molecule has 0 spiro atoms. The zero-order valence-electron chi connectivity index (χ0n) is 15.0. The zero-order chi connectivity index (χ0) is 18.5. The number of H-pyrrole nitrogens is 1. The van der Waals surface area contributed by atoms with E-state index < -0.39 is 0 Å². The molecule has 26 heavy (non-hydrogen) atoms. The summed E-state index contributed by atoms with van der Waals surface area (Å²) in [5.41, 5.74) is 1.95. The van der Waals surface area contributed by atoms with Gasteiger partial charge in [-0.05, 0) is 29.0 Å². The Balaban J connectivity index is 1.94. The van der Waals surface area contributed by atoms with Gasteiger partial charge < -0.3 is 10.3 Å². The van der Waals surface area contributed by atoms with Crippen molar-refractivity contribution in [3.05, 3.63) is 49.6 Å². The van der Waals surface area contributed by atoms with Crippen molar-refractivity contribution in [2.75, 3.05) is 11.1 Å². The Morgan fingerprint density at radius 2 is 2.15 bits per heavy atom. The molecule has 0 bridgehead atoms. The second-order valence-electron chi connectivity index (χ2n) is 7.47. The van der Waals surface area contributed by atoms with E-state index in [2.05, 4.69) is 29.1 Å². The number of nitrogens with zero attached hydrogens (tertiary/aromatic N) is 1. The van der Waals surface area contributed by atoms with Gasteiger partial charge in [-0.1, -0.05) is 38.6 Å². The number of thioether (sulfide) groups is 1. The molecule has 7 heteroatoms. The lowest BCUT2D eigenvalue weighted by molar-refractivity contribution is -0.118. The minimum atomic E-state index is -0.332. The van der Waals surface area contributed by atoms with Crippen molar-refractivity contribution in [2.24, 2.45) is 5.41 Å². The average Bonchev–Trinajstić information content (AvgIpc) is 3.06. The highest BCUT2D eigenvalue weighted by Crippen LogP contribution is 2.48. The number of aromatic amines is 1. The lowest BCUT2D eigenvalue weighted by Crippen LogP contribution is -2.36. The molecule has 2 aliphatic rings. The van der Waals surface area contributed by atoms with Gasteiger partial charge in [0.1, 0.15) is 5.82 Å². The molecule has 136 valence electrons. The van der Waals surface area contributed by atoms with E-state index in [9.17, 15) is 9.59 Å². The van der Waals surface area contributed by atoms with Crippen LogP contribution in [0.15, 0.2) is 38.7 Å². The molecule has 3 heterocycles. The number of anilines is 1. The normalized spacial score (nSPS) is 21.2. The highest BCUT2D eigenvalue weighted by atomic mass is 32.2. The smallest absolute Gasteiger partial charge is 0.257 e. The van der Waals surface area contributed by atoms with Crippen LogP contribution in [0.2, 0.25) is 0 Å². The van der Waals surface area contributed by atoms with Crippen molar-refractivity contribution < 1.29 is 4.79 Å². The molecule has 0 aromatic carbocycles. The van der Waals surface area contributed by atoms with Gasteiger partial charge in [0, 0.05) is 22.6 Å². The summed E-state index contributed by atoms with van der Waals surface area (Å²) in [7, 11) is 0. The summed E-state index contributed by atoms with van der Waals surface area (Å²) in [6.07, 6.45) is 1.28. The van der Waals surface area contributed by atoms with E-state index >= 15 is 0 Å². The number of rotatable bonds is 3. The van der Waals surface area contributed by atoms with Crippen LogP contribution in [0.4, 0.5) is 5.82 Å². The summed E-state index contributed by atoms with van der Waals surface area (Å²) >= 11 is 3.08. The summed E-state index contributed by atoms with van der Waals surface area (Å²) < 4.78 is 0. The van der Waals surface area contributed by atoms with Crippen molar-refractivity contribution in [1.82, 2.24) is 9.97 Å². The number of aromatic nitrogens is 2. The zero-order valence-corrected chi connectivity index (χ0v) is 16.6. The Morgan fingerprint density at radius 1 is 1.35 bits per heavy atom. The van der Waals surface area contributed by atoms with Gasteiger partial charge >= 0.3 is 0 Å². The Morgan fingerprint density at radius 3 is 2.85 bits per heavy atom. The van der Waals surface area contributed by atoms with Gasteiger partial charge in [-0.15, -0.1) is 11.3 Å². The van der Waals surface area contributed by atoms with Gasteiger partial charge in [0.25, 0.3) is 5.56 Å². The molecule has 0 saturated carbocycles. The Kier molecular flexibility index (Phi) is 4.31. The van der Waals surface area contributed by atoms with Gasteiger partial charge in [0.05, 0.1) is 11.5 Å². The van der Waals surface area contributed by atoms with Crippen molar-refractivity contribution in [1.29, 1.82) is 0 Å². The fourth-order valence-electron chi connectivity index (χ4n) is 3.84. The fraction of sp³-hybridized carbons (Fsp3) is 0.421. The summed E-state index contributed by atoms with van der Waals surface area (Å²) in [5, 5.41) is 5.93. The Labute approximate surface area is 160 Å². The van der Waals surface area contributed by atoms with Gasteiger partial charge in [0.2, 0.25) is 0 Å². The highest BCUT2D eigenvalue weighted by molar-refractivity contribution is 7.99. The van der Waals surface area contributed by atoms with E-state index in [-0.39, 0.29) is 22.7 Å². The van der Waals surface area contributed by atoms with Crippen LogP contribution in [0.25, 0.3) is 0 Å². The van der Waals surface area contributed by atoms with Gasteiger partial charge in [0.15, 0.2) is 10.9 Å². The first kappa shape index (κ1) is 17.5. The van der Waals surface area contributed by atoms with Crippen LogP contribution in [0.3, 0.4) is 0 Å². The Bertz CT molecular complexity index is 958. The standard InChI is InChI=1S/C19H21N3O2S2/c1-4-25-18-21-16-15(17(24)22-18)14(12-6-5-7-26-12)13-10(20-16)8-19(2,3)9-11(13)23/h5-7,14H,4,8-9H2,1-3H3,(H2,20,21,22,24). The monoisotopic (exact) mass is 387 g/mol. The van der Waals surface area contributed by atoms with E-state index in [1.54, 1.807) is 11.3 Å². The molecular formula is C19H21N3O2S2. The summed E-state index contributed by atoms with van der Waals surface area (Å²) in [6, 6.07) is 3.96. The van der Waals surface area contributed by atoms with Gasteiger partial charge in [-0.2, -0.15) is 0 Å². The molecule has 1 aliphatic heterocycles. The largest absolute Gasteiger partial charge is 0.343 e. The number of carbonyl (C=O) groups excluding carboxylic acids is 1. The molecule has 0 saturated heterocycles. The van der Waals surface area contributed by atoms with E-state index in [0.717, 1.165) is 28.3 Å². The van der Waals surface area contributed by atoms with Crippen molar-refractivity contribution in [2.45, 2.75) is 44.7 Å². The van der Waals surface area contributed by atoms with Crippen LogP contribution < -0.4 is 10.9 Å². The van der Waals surface area contributed by atoms with Crippen LogP contribution in [-0.4, -0.2) is 21.5 Å². The number of hydrogen-bond donors (Lipinski definition) is 2.